The first-order valence-electron chi connectivity index (χ1n) is 18.0. The number of carbonyl (C=O) groups is 1. The van der Waals surface area contributed by atoms with Crippen LogP contribution in [0.1, 0.15) is 65.5 Å². The van der Waals surface area contributed by atoms with Crippen molar-refractivity contribution in [3.8, 4) is 28.3 Å². The van der Waals surface area contributed by atoms with E-state index in [0.29, 0.717) is 10.6 Å². The van der Waals surface area contributed by atoms with Gasteiger partial charge in [-0.15, -0.1) is 11.3 Å². The first-order chi connectivity index (χ1) is 26.0. The molecule has 5 nitrogen and oxygen atoms in total. The van der Waals surface area contributed by atoms with E-state index >= 15 is 0 Å². The molecule has 0 unspecified atom stereocenters. The fraction of sp³-hybridized carbons (Fsp3) is 0.125. The number of aliphatic carboxylic acids is 1. The van der Waals surface area contributed by atoms with Gasteiger partial charge in [0.05, 0.1) is 0 Å². The van der Waals surface area contributed by atoms with Crippen molar-refractivity contribution in [2.75, 3.05) is 4.90 Å². The first kappa shape index (κ1) is 33.4. The summed E-state index contributed by atoms with van der Waals surface area (Å²) in [4.78, 5) is 15.2. The number of fused-ring (bicyclic) bond motifs is 7. The zero-order chi connectivity index (χ0) is 37.4. The van der Waals surface area contributed by atoms with Gasteiger partial charge < -0.3 is 14.4 Å². The molecule has 2 aliphatic carbocycles. The van der Waals surface area contributed by atoms with Crippen LogP contribution in [0, 0.1) is 11.3 Å². The molecule has 0 saturated heterocycles. The van der Waals surface area contributed by atoms with Gasteiger partial charge in [-0.25, -0.2) is 4.79 Å². The molecule has 0 saturated carbocycles. The second-order valence-corrected chi connectivity index (χ2v) is 16.2. The average Bonchev–Trinajstić information content (AvgIpc) is 3.91. The molecule has 0 aliphatic heterocycles. The lowest BCUT2D eigenvalue weighted by atomic mass is 9.82. The molecule has 0 amide bonds. The molecule has 1 N–H and O–H groups in total. The van der Waals surface area contributed by atoms with Crippen LogP contribution in [0.5, 0.6) is 0 Å². The summed E-state index contributed by atoms with van der Waals surface area (Å²) < 4.78 is 6.43. The largest absolute Gasteiger partial charge is 0.477 e. The van der Waals surface area contributed by atoms with Crippen molar-refractivity contribution in [3.63, 3.8) is 0 Å². The number of hydrogen-bond acceptors (Lipinski definition) is 5. The maximum absolute atomic E-state index is 11.3. The fourth-order valence-corrected chi connectivity index (χ4v) is 9.21. The Balaban J connectivity index is 1.13. The molecule has 0 spiro atoms. The molecule has 2 aromatic heterocycles. The standard InChI is InChI=1S/C48H36N2O3S/c1-47(2)41-11-7-5-9-37(41)39-21-15-31(25-43(39)47)50(32-16-22-40-38-10-6-8-12-42(38)48(3,4)44(40)26-32)33-14-13-29-23-34(53-45(29)27-33)17-18-35-19-20-36(54-35)24-30(28-49)46(51)52/h5-27H,1-4H3,(H,51,52)/b18-17+,30-24-. The minimum Gasteiger partial charge on any atom is -0.477 e. The lowest BCUT2D eigenvalue weighted by molar-refractivity contribution is -0.132. The fourth-order valence-electron chi connectivity index (χ4n) is 8.36. The Morgan fingerprint density at radius 3 is 1.80 bits per heavy atom. The maximum atomic E-state index is 11.3. The Labute approximate surface area is 318 Å². The van der Waals surface area contributed by atoms with Crippen molar-refractivity contribution in [1.29, 1.82) is 5.26 Å². The molecule has 0 fully saturated rings. The Kier molecular flexibility index (Phi) is 7.63. The van der Waals surface area contributed by atoms with Crippen molar-refractivity contribution in [3.05, 3.63) is 165 Å². The number of nitrogens with zero attached hydrogens (tertiary/aromatic N) is 2. The number of carboxylic acids is 1. The number of carboxylic acid groups (broad SMARTS) is 1. The van der Waals surface area contributed by atoms with E-state index in [1.807, 2.05) is 30.4 Å². The summed E-state index contributed by atoms with van der Waals surface area (Å²) in [5.41, 5.74) is 13.8. The Hall–Kier alpha value is -6.42. The molecule has 0 bridgehead atoms. The highest BCUT2D eigenvalue weighted by molar-refractivity contribution is 7.13. The van der Waals surface area contributed by atoms with Gasteiger partial charge in [0.2, 0.25) is 0 Å². The van der Waals surface area contributed by atoms with Crippen LogP contribution in [0.4, 0.5) is 17.1 Å². The molecule has 7 aromatic rings. The van der Waals surface area contributed by atoms with Gasteiger partial charge in [-0.1, -0.05) is 88.4 Å². The zero-order valence-electron chi connectivity index (χ0n) is 30.3. The van der Waals surface area contributed by atoms with E-state index in [2.05, 4.69) is 136 Å². The van der Waals surface area contributed by atoms with Crippen molar-refractivity contribution in [1.82, 2.24) is 0 Å². The summed E-state index contributed by atoms with van der Waals surface area (Å²) in [6.45, 7) is 9.27. The van der Waals surface area contributed by atoms with Crippen LogP contribution in [0.25, 0.3) is 51.5 Å². The molecule has 2 aliphatic rings. The van der Waals surface area contributed by atoms with Crippen LogP contribution in [0.15, 0.2) is 131 Å². The highest BCUT2D eigenvalue weighted by Crippen LogP contribution is 2.53. The minimum atomic E-state index is -1.24. The summed E-state index contributed by atoms with van der Waals surface area (Å²) in [7, 11) is 0. The number of hydrogen-bond donors (Lipinski definition) is 1. The Morgan fingerprint density at radius 1 is 0.667 bits per heavy atom. The van der Waals surface area contributed by atoms with Gasteiger partial charge in [0.15, 0.2) is 0 Å². The lowest BCUT2D eigenvalue weighted by Crippen LogP contribution is -2.18. The number of anilines is 3. The quantitative estimate of drug-likeness (QED) is 0.131. The van der Waals surface area contributed by atoms with E-state index in [4.69, 9.17) is 9.68 Å². The first-order valence-corrected chi connectivity index (χ1v) is 18.8. The summed E-state index contributed by atoms with van der Waals surface area (Å²) in [5.74, 6) is -0.532. The number of furan rings is 1. The van der Waals surface area contributed by atoms with E-state index < -0.39 is 5.97 Å². The highest BCUT2D eigenvalue weighted by atomic mass is 32.1. The molecule has 0 radical (unpaired) electrons. The van der Waals surface area contributed by atoms with Crippen LogP contribution in [-0.2, 0) is 15.6 Å². The normalized spacial score (nSPS) is 14.8. The zero-order valence-corrected chi connectivity index (χ0v) is 31.2. The van der Waals surface area contributed by atoms with E-state index in [9.17, 15) is 9.90 Å². The van der Waals surface area contributed by atoms with Crippen LogP contribution in [-0.4, -0.2) is 11.1 Å². The number of rotatable bonds is 7. The van der Waals surface area contributed by atoms with Crippen molar-refractivity contribution in [2.45, 2.75) is 38.5 Å². The van der Waals surface area contributed by atoms with Gasteiger partial charge >= 0.3 is 5.97 Å². The van der Waals surface area contributed by atoms with Gasteiger partial charge in [-0.3, -0.25) is 0 Å². The predicted molar refractivity (Wildman–Crippen MR) is 220 cm³/mol. The third-order valence-corrected chi connectivity index (χ3v) is 12.1. The van der Waals surface area contributed by atoms with E-state index in [1.54, 1.807) is 6.07 Å². The minimum absolute atomic E-state index is 0.144. The molecule has 9 rings (SSSR count). The Morgan fingerprint density at radius 2 is 1.20 bits per heavy atom. The summed E-state index contributed by atoms with van der Waals surface area (Å²) in [6.07, 6.45) is 5.24. The summed E-state index contributed by atoms with van der Waals surface area (Å²) in [5, 5.41) is 19.3. The molecule has 262 valence electrons. The monoisotopic (exact) mass is 720 g/mol. The lowest BCUT2D eigenvalue weighted by Gasteiger charge is -2.29. The molecule has 6 heteroatoms. The van der Waals surface area contributed by atoms with Crippen LogP contribution in [0.3, 0.4) is 0 Å². The molecule has 54 heavy (non-hydrogen) atoms. The third kappa shape index (κ3) is 5.31. The van der Waals surface area contributed by atoms with Gasteiger partial charge in [-0.2, -0.15) is 5.26 Å². The van der Waals surface area contributed by atoms with Crippen LogP contribution >= 0.6 is 11.3 Å². The smallest absolute Gasteiger partial charge is 0.346 e. The van der Waals surface area contributed by atoms with E-state index in [-0.39, 0.29) is 16.4 Å². The predicted octanol–water partition coefficient (Wildman–Crippen LogP) is 12.7. The van der Waals surface area contributed by atoms with Gasteiger partial charge in [0.25, 0.3) is 0 Å². The number of thiophene rings is 1. The van der Waals surface area contributed by atoms with Gasteiger partial charge in [0, 0.05) is 49.1 Å². The van der Waals surface area contributed by atoms with Crippen molar-refractivity contribution in [2.24, 2.45) is 0 Å². The molecular weight excluding hydrogens is 685 g/mol. The maximum Gasteiger partial charge on any atom is 0.346 e. The average molecular weight is 721 g/mol. The van der Waals surface area contributed by atoms with Crippen molar-refractivity contribution >= 4 is 63.6 Å². The second-order valence-electron chi connectivity index (χ2n) is 15.1. The van der Waals surface area contributed by atoms with E-state index in [0.717, 1.165) is 32.9 Å². The van der Waals surface area contributed by atoms with Crippen LogP contribution in [0.2, 0.25) is 0 Å². The second kappa shape index (κ2) is 12.3. The van der Waals surface area contributed by atoms with Gasteiger partial charge in [0.1, 0.15) is 23.0 Å². The SMILES string of the molecule is CC1(C)c2ccccc2-c2ccc(N(c3ccc4c(c3)C(C)(C)c3ccccc3-4)c3ccc4cc(/C=C/c5ccc(/C=C(/C#N)C(=O)O)s5)oc4c3)cc21. The van der Waals surface area contributed by atoms with Crippen LogP contribution < -0.4 is 4.90 Å². The molecular formula is C48H36N2O3S. The molecule has 5 aromatic carbocycles. The Bertz CT molecular complexity index is 2680. The summed E-state index contributed by atoms with van der Waals surface area (Å²) >= 11 is 1.40. The number of benzene rings is 5. The molecule has 0 atom stereocenters. The van der Waals surface area contributed by atoms with Gasteiger partial charge in [-0.05, 0) is 117 Å². The highest BCUT2D eigenvalue weighted by Gasteiger charge is 2.37. The van der Waals surface area contributed by atoms with Crippen molar-refractivity contribution < 1.29 is 14.3 Å². The molecule has 2 heterocycles. The topological polar surface area (TPSA) is 77.5 Å². The van der Waals surface area contributed by atoms with E-state index in [1.165, 1.54) is 61.9 Å². The third-order valence-electron chi connectivity index (χ3n) is 11.1. The number of nitriles is 1. The summed E-state index contributed by atoms with van der Waals surface area (Å²) in [6, 6.07) is 45.1.